The number of halogens is 1. The second-order valence-electron chi connectivity index (χ2n) is 6.38. The maximum Gasteiger partial charge on any atom is 0.355 e. The summed E-state index contributed by atoms with van der Waals surface area (Å²) in [4.78, 5) is 39.2. The number of hydrogen-bond acceptors (Lipinski definition) is 7. The molecule has 2 aromatic rings. The zero-order valence-electron chi connectivity index (χ0n) is 16.8. The van der Waals surface area contributed by atoms with Crippen LogP contribution in [0.15, 0.2) is 23.1 Å². The number of hydrogen-bond donors (Lipinski definition) is 2. The van der Waals surface area contributed by atoms with Gasteiger partial charge in [-0.05, 0) is 44.5 Å². The van der Waals surface area contributed by atoms with Crippen molar-refractivity contribution in [2.45, 2.75) is 25.7 Å². The number of carbonyl (C=O) groups excluding carboxylic acids is 3. The van der Waals surface area contributed by atoms with Crippen LogP contribution in [-0.2, 0) is 24.1 Å². The Labute approximate surface area is 178 Å². The molecule has 2 rings (SSSR count). The van der Waals surface area contributed by atoms with Gasteiger partial charge in [-0.25, -0.2) is 18.0 Å². The van der Waals surface area contributed by atoms with Crippen molar-refractivity contribution in [2.24, 2.45) is 0 Å². The molecular weight excluding hydrogens is 436 g/mol. The van der Waals surface area contributed by atoms with Gasteiger partial charge in [0.2, 0.25) is 0 Å². The molecule has 0 saturated carbocycles. The minimum absolute atomic E-state index is 0.0238. The van der Waals surface area contributed by atoms with Gasteiger partial charge in [-0.3, -0.25) is 4.79 Å². The Kier molecular flexibility index (Phi) is 7.27. The molecule has 0 atom stereocenters. The highest BCUT2D eigenvalue weighted by molar-refractivity contribution is 7.90. The third-order valence-electron chi connectivity index (χ3n) is 4.10. The smallest absolute Gasteiger partial charge is 0.355 e. The van der Waals surface area contributed by atoms with Gasteiger partial charge in [0, 0.05) is 11.9 Å². The molecule has 1 aromatic heterocycles. The lowest BCUT2D eigenvalue weighted by molar-refractivity contribution is -0.119. The molecule has 1 amide bonds. The highest BCUT2D eigenvalue weighted by Gasteiger charge is 2.24. The molecule has 162 valence electrons. The van der Waals surface area contributed by atoms with Crippen LogP contribution in [0.2, 0.25) is 5.02 Å². The Morgan fingerprint density at radius 1 is 1.13 bits per heavy atom. The number of sulfone groups is 1. The van der Waals surface area contributed by atoms with Gasteiger partial charge in [0.25, 0.3) is 5.91 Å². The van der Waals surface area contributed by atoms with E-state index in [0.29, 0.717) is 11.3 Å². The summed E-state index contributed by atoms with van der Waals surface area (Å²) in [5.41, 5.74) is 1.07. The molecule has 9 nitrogen and oxygen atoms in total. The van der Waals surface area contributed by atoms with Gasteiger partial charge in [0.15, 0.2) is 16.4 Å². The summed E-state index contributed by atoms with van der Waals surface area (Å²) in [5.74, 6) is -2.12. The first kappa shape index (κ1) is 23.4. The predicted octanol–water partition coefficient (Wildman–Crippen LogP) is 2.66. The Balaban J connectivity index is 2.09. The van der Waals surface area contributed by atoms with Gasteiger partial charge in [-0.2, -0.15) is 0 Å². The van der Waals surface area contributed by atoms with Gasteiger partial charge < -0.3 is 19.8 Å². The van der Waals surface area contributed by atoms with Gasteiger partial charge >= 0.3 is 11.9 Å². The lowest BCUT2D eigenvalue weighted by atomic mass is 10.1. The summed E-state index contributed by atoms with van der Waals surface area (Å²) < 4.78 is 33.2. The van der Waals surface area contributed by atoms with Crippen LogP contribution in [0.3, 0.4) is 0 Å². The topological polar surface area (TPSA) is 132 Å². The van der Waals surface area contributed by atoms with E-state index < -0.39 is 34.3 Å². The third-order valence-corrected chi connectivity index (χ3v) is 5.54. The third kappa shape index (κ3) is 5.39. The molecule has 0 spiro atoms. The number of H-pyrrole nitrogens is 1. The van der Waals surface area contributed by atoms with E-state index in [1.54, 1.807) is 20.8 Å². The quantitative estimate of drug-likeness (QED) is 0.612. The van der Waals surface area contributed by atoms with Gasteiger partial charge in [0.1, 0.15) is 5.69 Å². The van der Waals surface area contributed by atoms with Crippen molar-refractivity contribution in [1.29, 1.82) is 0 Å². The lowest BCUT2D eigenvalue weighted by Gasteiger charge is -2.10. The molecular formula is C19H21ClN2O7S. The first-order valence-corrected chi connectivity index (χ1v) is 11.1. The van der Waals surface area contributed by atoms with E-state index in [1.807, 2.05) is 0 Å². The summed E-state index contributed by atoms with van der Waals surface area (Å²) in [7, 11) is -3.49. The van der Waals surface area contributed by atoms with E-state index in [9.17, 15) is 22.8 Å². The number of ether oxygens (including phenoxy) is 2. The van der Waals surface area contributed by atoms with E-state index in [-0.39, 0.29) is 33.5 Å². The average molecular weight is 457 g/mol. The standard InChI is InChI=1S/C19H21ClN2O7S/c1-5-28-19(25)17-10(2)16(11(3)21-17)18(24)29-9-15(23)22-14-8-12(30(4,26)27)6-7-13(14)20/h6-8,21H,5,9H2,1-4H3,(H,22,23). The Morgan fingerprint density at radius 2 is 1.80 bits per heavy atom. The number of aromatic amines is 1. The van der Waals surface area contributed by atoms with Crippen LogP contribution in [0, 0.1) is 13.8 Å². The van der Waals surface area contributed by atoms with Crippen LogP contribution in [0.1, 0.15) is 39.0 Å². The number of rotatable bonds is 7. The van der Waals surface area contributed by atoms with Crippen LogP contribution >= 0.6 is 11.6 Å². The predicted molar refractivity (Wildman–Crippen MR) is 110 cm³/mol. The SMILES string of the molecule is CCOC(=O)c1[nH]c(C)c(C(=O)OCC(=O)Nc2cc(S(C)(=O)=O)ccc2Cl)c1C. The van der Waals surface area contributed by atoms with E-state index >= 15 is 0 Å². The van der Waals surface area contributed by atoms with Gasteiger partial charge in [-0.1, -0.05) is 11.6 Å². The number of benzene rings is 1. The monoisotopic (exact) mass is 456 g/mol. The summed E-state index contributed by atoms with van der Waals surface area (Å²) in [6, 6.07) is 3.86. The molecule has 0 aliphatic rings. The second kappa shape index (κ2) is 9.31. The van der Waals surface area contributed by atoms with E-state index in [4.69, 9.17) is 21.1 Å². The maximum absolute atomic E-state index is 12.4. The number of aryl methyl sites for hydroxylation is 1. The fraction of sp³-hybridized carbons (Fsp3) is 0.316. The number of amides is 1. The molecule has 1 aromatic carbocycles. The van der Waals surface area contributed by atoms with Crippen LogP contribution in [0.25, 0.3) is 0 Å². The normalized spacial score (nSPS) is 11.1. The largest absolute Gasteiger partial charge is 0.461 e. The van der Waals surface area contributed by atoms with Crippen molar-refractivity contribution >= 4 is 45.0 Å². The van der Waals surface area contributed by atoms with Crippen molar-refractivity contribution in [3.63, 3.8) is 0 Å². The van der Waals surface area contributed by atoms with Crippen molar-refractivity contribution in [3.05, 3.63) is 45.7 Å². The molecule has 30 heavy (non-hydrogen) atoms. The minimum Gasteiger partial charge on any atom is -0.461 e. The summed E-state index contributed by atoms with van der Waals surface area (Å²) >= 11 is 5.98. The van der Waals surface area contributed by atoms with E-state index in [1.165, 1.54) is 18.2 Å². The van der Waals surface area contributed by atoms with Crippen molar-refractivity contribution < 1.29 is 32.3 Å². The summed E-state index contributed by atoms with van der Waals surface area (Å²) in [6.07, 6.45) is 1.02. The Morgan fingerprint density at radius 3 is 2.40 bits per heavy atom. The van der Waals surface area contributed by atoms with Crippen molar-refractivity contribution in [2.75, 3.05) is 24.8 Å². The fourth-order valence-electron chi connectivity index (χ4n) is 2.68. The molecule has 0 fully saturated rings. The van der Waals surface area contributed by atoms with Crippen LogP contribution in [0.5, 0.6) is 0 Å². The molecule has 0 aliphatic carbocycles. The molecule has 0 bridgehead atoms. The van der Waals surface area contributed by atoms with E-state index in [2.05, 4.69) is 10.3 Å². The number of carbonyl (C=O) groups is 3. The highest BCUT2D eigenvalue weighted by Crippen LogP contribution is 2.25. The molecule has 0 saturated heterocycles. The Hall–Kier alpha value is -2.85. The average Bonchev–Trinajstić information content (AvgIpc) is 2.95. The molecule has 11 heteroatoms. The Bertz CT molecular complexity index is 1110. The number of aromatic nitrogens is 1. The van der Waals surface area contributed by atoms with Crippen LogP contribution in [0.4, 0.5) is 5.69 Å². The number of nitrogens with one attached hydrogen (secondary N) is 2. The first-order valence-electron chi connectivity index (χ1n) is 8.78. The molecule has 2 N–H and O–H groups in total. The molecule has 0 aliphatic heterocycles. The second-order valence-corrected chi connectivity index (χ2v) is 8.81. The number of esters is 2. The molecule has 1 heterocycles. The van der Waals surface area contributed by atoms with Gasteiger partial charge in [0.05, 0.1) is 27.8 Å². The number of anilines is 1. The van der Waals surface area contributed by atoms with Crippen molar-refractivity contribution in [3.8, 4) is 0 Å². The maximum atomic E-state index is 12.4. The molecule has 0 unspecified atom stereocenters. The van der Waals surface area contributed by atoms with Crippen molar-refractivity contribution in [1.82, 2.24) is 4.98 Å². The lowest BCUT2D eigenvalue weighted by Crippen LogP contribution is -2.21. The zero-order valence-corrected chi connectivity index (χ0v) is 18.4. The molecule has 0 radical (unpaired) electrons. The highest BCUT2D eigenvalue weighted by atomic mass is 35.5. The first-order chi connectivity index (χ1) is 14.0. The van der Waals surface area contributed by atoms with Gasteiger partial charge in [-0.15, -0.1) is 0 Å². The minimum atomic E-state index is -3.49. The van der Waals surface area contributed by atoms with Crippen LogP contribution in [-0.4, -0.2) is 50.7 Å². The zero-order chi connectivity index (χ0) is 22.6. The fourth-order valence-corrected chi connectivity index (χ4v) is 3.50. The summed E-state index contributed by atoms with van der Waals surface area (Å²) in [6.45, 7) is 4.34. The summed E-state index contributed by atoms with van der Waals surface area (Å²) in [5, 5.41) is 2.53. The van der Waals surface area contributed by atoms with E-state index in [0.717, 1.165) is 6.26 Å². The van der Waals surface area contributed by atoms with Crippen LogP contribution < -0.4 is 5.32 Å².